The van der Waals surface area contributed by atoms with Crippen LogP contribution in [-0.2, 0) is 0 Å². The van der Waals surface area contributed by atoms with Crippen LogP contribution in [0.3, 0.4) is 0 Å². The Morgan fingerprint density at radius 2 is 1.69 bits per heavy atom. The highest BCUT2D eigenvalue weighted by Gasteiger charge is 2.34. The van der Waals surface area contributed by atoms with Gasteiger partial charge in [-0.05, 0) is 44.7 Å². The van der Waals surface area contributed by atoms with Crippen LogP contribution in [0.4, 0.5) is 0 Å². The van der Waals surface area contributed by atoms with Crippen molar-refractivity contribution < 1.29 is 0 Å². The lowest BCUT2D eigenvalue weighted by atomic mass is 10.1. The Morgan fingerprint density at radius 3 is 2.15 bits per heavy atom. The summed E-state index contributed by atoms with van der Waals surface area (Å²) in [5.41, 5.74) is 5.85. The summed E-state index contributed by atoms with van der Waals surface area (Å²) in [7, 11) is 0. The van der Waals surface area contributed by atoms with Crippen LogP contribution in [0, 0.1) is 5.92 Å². The SMILES string of the molecule is NCC(C1CC1)N1CCCCCC1. The molecule has 0 bridgehead atoms. The summed E-state index contributed by atoms with van der Waals surface area (Å²) in [5, 5.41) is 0. The molecule has 13 heavy (non-hydrogen) atoms. The van der Waals surface area contributed by atoms with E-state index in [9.17, 15) is 0 Å². The number of hydrogen-bond donors (Lipinski definition) is 1. The van der Waals surface area contributed by atoms with Gasteiger partial charge < -0.3 is 5.73 Å². The van der Waals surface area contributed by atoms with E-state index in [1.165, 1.54) is 51.6 Å². The van der Waals surface area contributed by atoms with Crippen LogP contribution in [0.5, 0.6) is 0 Å². The summed E-state index contributed by atoms with van der Waals surface area (Å²) in [4.78, 5) is 2.66. The van der Waals surface area contributed by atoms with Crippen molar-refractivity contribution in [3.63, 3.8) is 0 Å². The van der Waals surface area contributed by atoms with Crippen molar-refractivity contribution in [3.05, 3.63) is 0 Å². The first-order chi connectivity index (χ1) is 6.42. The highest BCUT2D eigenvalue weighted by atomic mass is 15.2. The Hall–Kier alpha value is -0.0800. The summed E-state index contributed by atoms with van der Waals surface area (Å²) in [6.07, 6.45) is 8.50. The van der Waals surface area contributed by atoms with Gasteiger partial charge in [0.25, 0.3) is 0 Å². The molecule has 2 nitrogen and oxygen atoms in total. The van der Waals surface area contributed by atoms with Gasteiger partial charge in [0.2, 0.25) is 0 Å². The first kappa shape index (κ1) is 9.47. The molecule has 0 aromatic rings. The number of rotatable bonds is 3. The summed E-state index contributed by atoms with van der Waals surface area (Å²) in [6, 6.07) is 0.720. The van der Waals surface area contributed by atoms with Gasteiger partial charge in [-0.2, -0.15) is 0 Å². The average Bonchev–Trinajstić information content (AvgIpc) is 2.92. The third-order valence-corrected chi connectivity index (χ3v) is 3.52. The van der Waals surface area contributed by atoms with Gasteiger partial charge in [0, 0.05) is 12.6 Å². The highest BCUT2D eigenvalue weighted by Crippen LogP contribution is 2.35. The van der Waals surface area contributed by atoms with Crippen molar-refractivity contribution in [1.82, 2.24) is 4.90 Å². The number of nitrogens with two attached hydrogens (primary N) is 1. The molecule has 2 N–H and O–H groups in total. The third kappa shape index (κ3) is 2.44. The van der Waals surface area contributed by atoms with Gasteiger partial charge in [-0.25, -0.2) is 0 Å². The number of hydrogen-bond acceptors (Lipinski definition) is 2. The molecule has 0 aromatic carbocycles. The van der Waals surface area contributed by atoms with E-state index >= 15 is 0 Å². The van der Waals surface area contributed by atoms with Gasteiger partial charge in [0.05, 0.1) is 0 Å². The second kappa shape index (κ2) is 4.43. The van der Waals surface area contributed by atoms with Crippen LogP contribution in [0.1, 0.15) is 38.5 Å². The van der Waals surface area contributed by atoms with Crippen LogP contribution < -0.4 is 5.73 Å². The fourth-order valence-corrected chi connectivity index (χ4v) is 2.55. The zero-order valence-corrected chi connectivity index (χ0v) is 8.54. The summed E-state index contributed by atoms with van der Waals surface area (Å²) in [5.74, 6) is 0.947. The molecule has 2 heteroatoms. The predicted molar refractivity (Wildman–Crippen MR) is 55.6 cm³/mol. The normalized spacial score (nSPS) is 28.4. The zero-order chi connectivity index (χ0) is 9.10. The van der Waals surface area contributed by atoms with Crippen molar-refractivity contribution in [3.8, 4) is 0 Å². The van der Waals surface area contributed by atoms with Gasteiger partial charge in [-0.15, -0.1) is 0 Å². The fourth-order valence-electron chi connectivity index (χ4n) is 2.55. The lowest BCUT2D eigenvalue weighted by Crippen LogP contribution is -2.42. The molecule has 1 atom stereocenters. The molecule has 1 saturated heterocycles. The third-order valence-electron chi connectivity index (χ3n) is 3.52. The first-order valence-corrected chi connectivity index (χ1v) is 5.86. The molecule has 0 aromatic heterocycles. The minimum absolute atomic E-state index is 0.720. The molecule has 0 amide bonds. The van der Waals surface area contributed by atoms with Gasteiger partial charge in [0.1, 0.15) is 0 Å². The molecular weight excluding hydrogens is 160 g/mol. The van der Waals surface area contributed by atoms with E-state index in [-0.39, 0.29) is 0 Å². The Kier molecular flexibility index (Phi) is 3.23. The molecule has 2 fully saturated rings. The fraction of sp³-hybridized carbons (Fsp3) is 1.00. The maximum atomic E-state index is 5.85. The topological polar surface area (TPSA) is 29.3 Å². The summed E-state index contributed by atoms with van der Waals surface area (Å²) in [6.45, 7) is 3.49. The largest absolute Gasteiger partial charge is 0.329 e. The molecule has 0 radical (unpaired) electrons. The van der Waals surface area contributed by atoms with Crippen LogP contribution in [0.25, 0.3) is 0 Å². The van der Waals surface area contributed by atoms with E-state index in [0.717, 1.165) is 18.5 Å². The zero-order valence-electron chi connectivity index (χ0n) is 8.54. The summed E-state index contributed by atoms with van der Waals surface area (Å²) >= 11 is 0. The minimum atomic E-state index is 0.720. The Labute approximate surface area is 81.5 Å². The molecule has 76 valence electrons. The summed E-state index contributed by atoms with van der Waals surface area (Å²) < 4.78 is 0. The minimum Gasteiger partial charge on any atom is -0.329 e. The van der Waals surface area contributed by atoms with Crippen LogP contribution in [0.15, 0.2) is 0 Å². The molecule has 1 aliphatic heterocycles. The van der Waals surface area contributed by atoms with Crippen molar-refractivity contribution in [1.29, 1.82) is 0 Å². The highest BCUT2D eigenvalue weighted by molar-refractivity contribution is 4.89. The average molecular weight is 182 g/mol. The Morgan fingerprint density at radius 1 is 1.08 bits per heavy atom. The number of nitrogens with zero attached hydrogens (tertiary/aromatic N) is 1. The second-order valence-corrected chi connectivity index (χ2v) is 4.59. The molecule has 2 aliphatic rings. The molecule has 2 rings (SSSR count). The van der Waals surface area contributed by atoms with E-state index in [2.05, 4.69) is 4.90 Å². The molecular formula is C11H22N2. The molecule has 1 aliphatic carbocycles. The smallest absolute Gasteiger partial charge is 0.0246 e. The molecule has 1 heterocycles. The van der Waals surface area contributed by atoms with Crippen molar-refractivity contribution in [2.75, 3.05) is 19.6 Å². The Bertz CT molecular complexity index is 146. The molecule has 1 saturated carbocycles. The van der Waals surface area contributed by atoms with Crippen LogP contribution in [-0.4, -0.2) is 30.6 Å². The monoisotopic (exact) mass is 182 g/mol. The van der Waals surface area contributed by atoms with Gasteiger partial charge in [-0.3, -0.25) is 4.90 Å². The van der Waals surface area contributed by atoms with E-state index in [0.29, 0.717) is 0 Å². The quantitative estimate of drug-likeness (QED) is 0.718. The van der Waals surface area contributed by atoms with Gasteiger partial charge in [0.15, 0.2) is 0 Å². The van der Waals surface area contributed by atoms with Gasteiger partial charge >= 0.3 is 0 Å². The van der Waals surface area contributed by atoms with E-state index in [1.807, 2.05) is 0 Å². The van der Waals surface area contributed by atoms with E-state index in [1.54, 1.807) is 0 Å². The first-order valence-electron chi connectivity index (χ1n) is 5.86. The van der Waals surface area contributed by atoms with Crippen molar-refractivity contribution >= 4 is 0 Å². The lowest BCUT2D eigenvalue weighted by molar-refractivity contribution is 0.188. The standard InChI is InChI=1S/C11H22N2/c12-9-11(10-5-6-10)13-7-3-1-2-4-8-13/h10-11H,1-9,12H2. The lowest BCUT2D eigenvalue weighted by Gasteiger charge is -2.29. The maximum absolute atomic E-state index is 5.85. The molecule has 1 unspecified atom stereocenters. The van der Waals surface area contributed by atoms with Crippen LogP contribution in [0.2, 0.25) is 0 Å². The van der Waals surface area contributed by atoms with Gasteiger partial charge in [-0.1, -0.05) is 12.8 Å². The molecule has 0 spiro atoms. The maximum Gasteiger partial charge on any atom is 0.0246 e. The van der Waals surface area contributed by atoms with Crippen molar-refractivity contribution in [2.24, 2.45) is 11.7 Å². The van der Waals surface area contributed by atoms with Crippen LogP contribution >= 0.6 is 0 Å². The van der Waals surface area contributed by atoms with E-state index < -0.39 is 0 Å². The van der Waals surface area contributed by atoms with Crippen molar-refractivity contribution in [2.45, 2.75) is 44.6 Å². The number of likely N-dealkylation sites (tertiary alicyclic amines) is 1. The Balaban J connectivity index is 1.87. The second-order valence-electron chi connectivity index (χ2n) is 4.59. The predicted octanol–water partition coefficient (Wildman–Crippen LogP) is 1.60. The van der Waals surface area contributed by atoms with E-state index in [4.69, 9.17) is 5.73 Å².